The molecule has 2 aromatic carbocycles. The van der Waals surface area contributed by atoms with Crippen molar-refractivity contribution in [3.05, 3.63) is 48.3 Å². The van der Waals surface area contributed by atoms with E-state index in [2.05, 4.69) is 71.4 Å². The number of benzene rings is 2. The largest absolute Gasteiger partial charge is 0.341 e. The quantitative estimate of drug-likeness (QED) is 0.549. The van der Waals surface area contributed by atoms with Gasteiger partial charge >= 0.3 is 0 Å². The van der Waals surface area contributed by atoms with Crippen molar-refractivity contribution in [2.45, 2.75) is 26.8 Å². The van der Waals surface area contributed by atoms with Crippen molar-refractivity contribution in [1.82, 2.24) is 15.4 Å². The van der Waals surface area contributed by atoms with E-state index in [1.54, 1.807) is 12.4 Å². The molecule has 126 valence electrons. The van der Waals surface area contributed by atoms with Crippen LogP contribution in [0, 0.1) is 6.92 Å². The number of hydrogen-bond donors (Lipinski definition) is 0. The molecule has 5 heteroatoms. The maximum atomic E-state index is 5.70. The Kier molecular flexibility index (Phi) is 3.64. The third kappa shape index (κ3) is 2.52. The van der Waals surface area contributed by atoms with E-state index in [4.69, 9.17) is 4.52 Å². The lowest BCUT2D eigenvalue weighted by atomic mass is 9.96. The Hall–Kier alpha value is -2.95. The zero-order valence-corrected chi connectivity index (χ0v) is 14.8. The highest BCUT2D eigenvalue weighted by atomic mass is 16.5. The minimum atomic E-state index is 0.333. The first-order valence-corrected chi connectivity index (χ1v) is 8.39. The van der Waals surface area contributed by atoms with Gasteiger partial charge in [-0.1, -0.05) is 23.4 Å². The molecule has 0 spiro atoms. The highest BCUT2D eigenvalue weighted by Gasteiger charge is 2.19. The lowest BCUT2D eigenvalue weighted by Crippen LogP contribution is -2.25. The molecule has 0 amide bonds. The summed E-state index contributed by atoms with van der Waals surface area (Å²) >= 11 is 0. The minimum Gasteiger partial charge on any atom is -0.341 e. The summed E-state index contributed by atoms with van der Waals surface area (Å²) < 4.78 is 5.70. The van der Waals surface area contributed by atoms with Gasteiger partial charge in [-0.05, 0) is 44.0 Å². The van der Waals surface area contributed by atoms with Crippen LogP contribution in [0.15, 0.2) is 47.2 Å². The van der Waals surface area contributed by atoms with Crippen molar-refractivity contribution in [2.75, 3.05) is 11.9 Å². The molecule has 0 bridgehead atoms. The van der Waals surface area contributed by atoms with Crippen LogP contribution in [-0.4, -0.2) is 28.4 Å². The SMILES string of the molecule is Cc1ccc2c(N(C)C(C)C)onc2c1-c1ccc2cnncc2c1. The van der Waals surface area contributed by atoms with Crippen molar-refractivity contribution in [2.24, 2.45) is 0 Å². The Morgan fingerprint density at radius 1 is 1.00 bits per heavy atom. The van der Waals surface area contributed by atoms with Gasteiger partial charge in [-0.25, -0.2) is 0 Å². The molecule has 0 N–H and O–H groups in total. The molecule has 0 fully saturated rings. The fourth-order valence-electron chi connectivity index (χ4n) is 3.10. The minimum absolute atomic E-state index is 0.333. The fourth-order valence-corrected chi connectivity index (χ4v) is 3.10. The summed E-state index contributed by atoms with van der Waals surface area (Å²) in [5.41, 5.74) is 4.27. The number of anilines is 1. The average molecular weight is 332 g/mol. The number of rotatable bonds is 3. The molecule has 2 aromatic heterocycles. The van der Waals surface area contributed by atoms with Gasteiger partial charge in [0.1, 0.15) is 5.52 Å². The summed E-state index contributed by atoms with van der Waals surface area (Å²) in [6.45, 7) is 6.37. The molecule has 4 rings (SSSR count). The van der Waals surface area contributed by atoms with Gasteiger partial charge < -0.3 is 9.42 Å². The van der Waals surface area contributed by atoms with Gasteiger partial charge in [0.15, 0.2) is 0 Å². The Balaban J connectivity index is 1.95. The Morgan fingerprint density at radius 2 is 1.76 bits per heavy atom. The molecular formula is C20H20N4O. The normalized spacial score (nSPS) is 11.6. The molecule has 2 heterocycles. The van der Waals surface area contributed by atoms with E-state index < -0.39 is 0 Å². The monoisotopic (exact) mass is 332 g/mol. The Bertz CT molecular complexity index is 1070. The maximum Gasteiger partial charge on any atom is 0.235 e. The number of hydrogen-bond acceptors (Lipinski definition) is 5. The molecule has 4 aromatic rings. The average Bonchev–Trinajstić information content (AvgIpc) is 3.04. The Labute approximate surface area is 146 Å². The number of fused-ring (bicyclic) bond motifs is 2. The first-order chi connectivity index (χ1) is 12.1. The van der Waals surface area contributed by atoms with Crippen LogP contribution in [0.4, 0.5) is 5.88 Å². The van der Waals surface area contributed by atoms with Crippen molar-refractivity contribution in [3.8, 4) is 11.1 Å². The number of aromatic nitrogens is 3. The van der Waals surface area contributed by atoms with Gasteiger partial charge in [0, 0.05) is 29.4 Å². The van der Waals surface area contributed by atoms with E-state index >= 15 is 0 Å². The predicted molar refractivity (Wildman–Crippen MR) is 101 cm³/mol. The van der Waals surface area contributed by atoms with Gasteiger partial charge in [0.05, 0.1) is 17.8 Å². The summed E-state index contributed by atoms with van der Waals surface area (Å²) in [4.78, 5) is 2.10. The summed E-state index contributed by atoms with van der Waals surface area (Å²) in [5.74, 6) is 0.804. The summed E-state index contributed by atoms with van der Waals surface area (Å²) in [6.07, 6.45) is 3.56. The van der Waals surface area contributed by atoms with Crippen LogP contribution in [0.3, 0.4) is 0 Å². The zero-order chi connectivity index (χ0) is 17.6. The first-order valence-electron chi connectivity index (χ1n) is 8.39. The van der Waals surface area contributed by atoms with Crippen molar-refractivity contribution >= 4 is 27.6 Å². The van der Waals surface area contributed by atoms with Crippen LogP contribution in [0.1, 0.15) is 19.4 Å². The van der Waals surface area contributed by atoms with E-state index in [-0.39, 0.29) is 0 Å². The van der Waals surface area contributed by atoms with Crippen LogP contribution >= 0.6 is 0 Å². The van der Waals surface area contributed by atoms with E-state index in [9.17, 15) is 0 Å². The van der Waals surface area contributed by atoms with Gasteiger partial charge in [-0.2, -0.15) is 10.2 Å². The first kappa shape index (κ1) is 15.6. The molecule has 0 saturated carbocycles. The fraction of sp³-hybridized carbons (Fsp3) is 0.250. The van der Waals surface area contributed by atoms with Crippen LogP contribution in [-0.2, 0) is 0 Å². The molecule has 5 nitrogen and oxygen atoms in total. The zero-order valence-electron chi connectivity index (χ0n) is 14.8. The predicted octanol–water partition coefficient (Wildman–Crippen LogP) is 4.59. The van der Waals surface area contributed by atoms with Gasteiger partial charge in [-0.3, -0.25) is 0 Å². The van der Waals surface area contributed by atoms with Crippen LogP contribution < -0.4 is 4.90 Å². The highest BCUT2D eigenvalue weighted by Crippen LogP contribution is 2.37. The van der Waals surface area contributed by atoms with Gasteiger partial charge in [-0.15, -0.1) is 0 Å². The second kappa shape index (κ2) is 5.84. The third-order valence-electron chi connectivity index (χ3n) is 4.77. The van der Waals surface area contributed by atoms with Crippen molar-refractivity contribution in [1.29, 1.82) is 0 Å². The van der Waals surface area contributed by atoms with E-state index in [1.807, 2.05) is 7.05 Å². The molecule has 0 aliphatic rings. The van der Waals surface area contributed by atoms with Crippen molar-refractivity contribution in [3.63, 3.8) is 0 Å². The highest BCUT2D eigenvalue weighted by molar-refractivity contribution is 6.01. The molecule has 25 heavy (non-hydrogen) atoms. The maximum absolute atomic E-state index is 5.70. The Morgan fingerprint density at radius 3 is 2.52 bits per heavy atom. The number of aryl methyl sites for hydroxylation is 1. The van der Waals surface area contributed by atoms with E-state index in [0.29, 0.717) is 6.04 Å². The number of nitrogens with zero attached hydrogens (tertiary/aromatic N) is 4. The summed E-state index contributed by atoms with van der Waals surface area (Å²) in [6, 6.07) is 10.9. The molecule has 0 radical (unpaired) electrons. The van der Waals surface area contributed by atoms with Crippen LogP contribution in [0.2, 0.25) is 0 Å². The van der Waals surface area contributed by atoms with Crippen molar-refractivity contribution < 1.29 is 4.52 Å². The standard InChI is InChI=1S/C20H20N4O/c1-12(2)24(4)20-17-8-5-13(3)18(19(17)23-25-20)14-6-7-15-10-21-22-11-16(15)9-14/h5-12H,1-4H3. The third-order valence-corrected chi connectivity index (χ3v) is 4.77. The lowest BCUT2D eigenvalue weighted by Gasteiger charge is -2.20. The van der Waals surface area contributed by atoms with E-state index in [1.165, 1.54) is 5.56 Å². The summed E-state index contributed by atoms with van der Waals surface area (Å²) in [7, 11) is 2.03. The molecular weight excluding hydrogens is 312 g/mol. The molecule has 0 saturated heterocycles. The molecule has 0 aliphatic carbocycles. The van der Waals surface area contributed by atoms with E-state index in [0.717, 1.165) is 38.7 Å². The van der Waals surface area contributed by atoms with Crippen LogP contribution in [0.5, 0.6) is 0 Å². The molecule has 0 aliphatic heterocycles. The van der Waals surface area contributed by atoms with Crippen LogP contribution in [0.25, 0.3) is 32.8 Å². The second-order valence-electron chi connectivity index (χ2n) is 6.68. The topological polar surface area (TPSA) is 55.1 Å². The summed E-state index contributed by atoms with van der Waals surface area (Å²) in [5, 5.41) is 15.5. The van der Waals surface area contributed by atoms with Gasteiger partial charge in [0.25, 0.3) is 0 Å². The molecule has 0 unspecified atom stereocenters. The second-order valence-corrected chi connectivity index (χ2v) is 6.68. The van der Waals surface area contributed by atoms with Gasteiger partial charge in [0.2, 0.25) is 5.88 Å². The smallest absolute Gasteiger partial charge is 0.235 e. The molecule has 0 atom stereocenters. The lowest BCUT2D eigenvalue weighted by molar-refractivity contribution is 0.422.